The van der Waals surface area contributed by atoms with E-state index < -0.39 is 22.7 Å². The second-order valence-corrected chi connectivity index (χ2v) is 6.54. The summed E-state index contributed by atoms with van der Waals surface area (Å²) in [4.78, 5) is 49.2. The Bertz CT molecular complexity index is 1250. The lowest BCUT2D eigenvalue weighted by molar-refractivity contribution is -0.384. The zero-order chi connectivity index (χ0) is 20.9. The van der Waals surface area contributed by atoms with Crippen LogP contribution in [0.25, 0.3) is 21.9 Å². The van der Waals surface area contributed by atoms with Crippen LogP contribution >= 0.6 is 0 Å². The Labute approximate surface area is 164 Å². The van der Waals surface area contributed by atoms with Gasteiger partial charge in [0.25, 0.3) is 17.5 Å². The van der Waals surface area contributed by atoms with Crippen molar-refractivity contribution in [3.05, 3.63) is 75.3 Å². The molecule has 0 spiro atoms. The molecular weight excluding hydrogens is 376 g/mol. The molecule has 29 heavy (non-hydrogen) atoms. The number of carbonyl (C=O) groups is 3. The van der Waals surface area contributed by atoms with Crippen molar-refractivity contribution in [2.75, 3.05) is 6.54 Å². The van der Waals surface area contributed by atoms with Crippen LogP contribution in [0.4, 0.5) is 5.69 Å². The van der Waals surface area contributed by atoms with E-state index in [0.29, 0.717) is 16.3 Å². The highest BCUT2D eigenvalue weighted by atomic mass is 16.6. The van der Waals surface area contributed by atoms with Gasteiger partial charge in [-0.25, -0.2) is 4.79 Å². The number of carboxylic acid groups (broad SMARTS) is 1. The second kappa shape index (κ2) is 6.52. The molecule has 3 aromatic carbocycles. The Kier molecular flexibility index (Phi) is 4.11. The first kappa shape index (κ1) is 18.3. The molecule has 144 valence electrons. The Balaban J connectivity index is 2.15. The van der Waals surface area contributed by atoms with Gasteiger partial charge in [0, 0.05) is 23.6 Å². The molecule has 0 radical (unpaired) electrons. The maximum absolute atomic E-state index is 12.8. The van der Waals surface area contributed by atoms with E-state index >= 15 is 0 Å². The van der Waals surface area contributed by atoms with Gasteiger partial charge >= 0.3 is 5.97 Å². The predicted molar refractivity (Wildman–Crippen MR) is 104 cm³/mol. The van der Waals surface area contributed by atoms with Gasteiger partial charge in [0.2, 0.25) is 0 Å². The lowest BCUT2D eigenvalue weighted by Gasteiger charge is -2.26. The van der Waals surface area contributed by atoms with Gasteiger partial charge in [-0.15, -0.1) is 0 Å². The van der Waals surface area contributed by atoms with Crippen LogP contribution in [0.15, 0.2) is 48.5 Å². The maximum atomic E-state index is 12.8. The third-order valence-electron chi connectivity index (χ3n) is 5.00. The molecule has 8 heteroatoms. The van der Waals surface area contributed by atoms with Gasteiger partial charge in [-0.2, -0.15) is 0 Å². The summed E-state index contributed by atoms with van der Waals surface area (Å²) in [6, 6.07) is 11.7. The highest BCUT2D eigenvalue weighted by Crippen LogP contribution is 2.42. The summed E-state index contributed by atoms with van der Waals surface area (Å²) in [6.07, 6.45) is 0. The lowest BCUT2D eigenvalue weighted by Crippen LogP contribution is -2.40. The number of hydrogen-bond donors (Lipinski definition) is 1. The van der Waals surface area contributed by atoms with Crippen molar-refractivity contribution < 1.29 is 24.4 Å². The fourth-order valence-corrected chi connectivity index (χ4v) is 3.74. The van der Waals surface area contributed by atoms with Crippen LogP contribution in [0.3, 0.4) is 0 Å². The van der Waals surface area contributed by atoms with Crippen molar-refractivity contribution in [3.8, 4) is 11.1 Å². The number of nitro benzene ring substituents is 1. The minimum absolute atomic E-state index is 0.0263. The average molecular weight is 390 g/mol. The predicted octanol–water partition coefficient (Wildman–Crippen LogP) is 3.73. The van der Waals surface area contributed by atoms with Gasteiger partial charge in [-0.3, -0.25) is 24.6 Å². The summed E-state index contributed by atoms with van der Waals surface area (Å²) >= 11 is 0. The monoisotopic (exact) mass is 390 g/mol. The molecule has 2 amide bonds. The fraction of sp³-hybridized carbons (Fsp3) is 0.0952. The minimum Gasteiger partial charge on any atom is -0.478 e. The summed E-state index contributed by atoms with van der Waals surface area (Å²) in [5.74, 6) is -2.22. The first-order valence-electron chi connectivity index (χ1n) is 8.79. The number of hydrogen-bond acceptors (Lipinski definition) is 5. The standard InChI is InChI=1S/C21H14N2O6/c1-2-22-19(24)14-8-4-7-13-17(11-5-3-6-12(9-11)21(26)27)16(23(28)29)10-15(18(13)14)20(22)25/h3-10H,2H2,1H3,(H,26,27). The molecule has 0 atom stereocenters. The number of nitrogens with zero attached hydrogens (tertiary/aromatic N) is 2. The molecule has 0 aromatic heterocycles. The number of aromatic carboxylic acids is 1. The van der Waals surface area contributed by atoms with E-state index in [9.17, 15) is 29.6 Å². The Morgan fingerprint density at radius 3 is 2.41 bits per heavy atom. The van der Waals surface area contributed by atoms with E-state index in [1.54, 1.807) is 31.2 Å². The van der Waals surface area contributed by atoms with Crippen molar-refractivity contribution in [1.82, 2.24) is 4.90 Å². The van der Waals surface area contributed by atoms with Crippen LogP contribution in [0.5, 0.6) is 0 Å². The van der Waals surface area contributed by atoms with Gasteiger partial charge in [-0.1, -0.05) is 24.3 Å². The van der Waals surface area contributed by atoms with Gasteiger partial charge in [0.1, 0.15) is 0 Å². The molecule has 1 aliphatic heterocycles. The zero-order valence-electron chi connectivity index (χ0n) is 15.2. The second-order valence-electron chi connectivity index (χ2n) is 6.54. The van der Waals surface area contributed by atoms with Crippen LogP contribution in [0, 0.1) is 10.1 Å². The number of carbonyl (C=O) groups excluding carboxylic acids is 2. The molecule has 0 aliphatic carbocycles. The van der Waals surface area contributed by atoms with Crippen LogP contribution in [0.2, 0.25) is 0 Å². The molecule has 4 rings (SSSR count). The molecule has 0 saturated heterocycles. The van der Waals surface area contributed by atoms with Gasteiger partial charge in [-0.05, 0) is 36.1 Å². The third kappa shape index (κ3) is 2.65. The first-order valence-corrected chi connectivity index (χ1v) is 8.79. The maximum Gasteiger partial charge on any atom is 0.335 e. The quantitative estimate of drug-likeness (QED) is 0.412. The van der Waals surface area contributed by atoms with E-state index in [1.165, 1.54) is 24.3 Å². The van der Waals surface area contributed by atoms with E-state index in [1.807, 2.05) is 0 Å². The minimum atomic E-state index is -1.17. The van der Waals surface area contributed by atoms with Crippen molar-refractivity contribution in [1.29, 1.82) is 0 Å². The van der Waals surface area contributed by atoms with Crippen molar-refractivity contribution in [2.24, 2.45) is 0 Å². The van der Waals surface area contributed by atoms with Crippen LogP contribution in [-0.4, -0.2) is 39.3 Å². The number of imide groups is 1. The van der Waals surface area contributed by atoms with Crippen molar-refractivity contribution >= 4 is 34.2 Å². The number of amides is 2. The molecular formula is C21H14N2O6. The number of rotatable bonds is 4. The van der Waals surface area contributed by atoms with Gasteiger partial charge in [0.05, 0.1) is 21.6 Å². The van der Waals surface area contributed by atoms with Gasteiger partial charge in [0.15, 0.2) is 0 Å². The molecule has 0 unspecified atom stereocenters. The lowest BCUT2D eigenvalue weighted by atomic mass is 9.87. The molecule has 1 heterocycles. The smallest absolute Gasteiger partial charge is 0.335 e. The molecule has 1 N–H and O–H groups in total. The molecule has 3 aromatic rings. The molecule has 0 fully saturated rings. The topological polar surface area (TPSA) is 118 Å². The summed E-state index contributed by atoms with van der Waals surface area (Å²) < 4.78 is 0. The van der Waals surface area contributed by atoms with Gasteiger partial charge < -0.3 is 5.11 Å². The summed E-state index contributed by atoms with van der Waals surface area (Å²) in [5.41, 5.74) is 0.501. The molecule has 0 saturated carbocycles. The van der Waals surface area contributed by atoms with Crippen LogP contribution in [0.1, 0.15) is 38.0 Å². The average Bonchev–Trinajstić information content (AvgIpc) is 2.71. The van der Waals surface area contributed by atoms with E-state index in [4.69, 9.17) is 0 Å². The van der Waals surface area contributed by atoms with E-state index in [-0.39, 0.29) is 34.5 Å². The summed E-state index contributed by atoms with van der Waals surface area (Å²) in [6.45, 7) is 1.80. The SMILES string of the molecule is CCN1C(=O)c2cccc3c(-c4cccc(C(=O)O)c4)c([N+](=O)[O-])cc(c23)C1=O. The van der Waals surface area contributed by atoms with Crippen molar-refractivity contribution in [2.45, 2.75) is 6.92 Å². The normalized spacial score (nSPS) is 13.1. The van der Waals surface area contributed by atoms with Crippen LogP contribution in [-0.2, 0) is 0 Å². The Morgan fingerprint density at radius 1 is 1.07 bits per heavy atom. The Hall–Kier alpha value is -4.07. The number of carboxylic acids is 1. The first-order chi connectivity index (χ1) is 13.8. The zero-order valence-corrected chi connectivity index (χ0v) is 15.2. The fourth-order valence-electron chi connectivity index (χ4n) is 3.74. The molecule has 8 nitrogen and oxygen atoms in total. The molecule has 1 aliphatic rings. The Morgan fingerprint density at radius 2 is 1.76 bits per heavy atom. The number of nitro groups is 1. The highest BCUT2D eigenvalue weighted by Gasteiger charge is 2.35. The van der Waals surface area contributed by atoms with E-state index in [0.717, 1.165) is 4.90 Å². The largest absolute Gasteiger partial charge is 0.478 e. The van der Waals surface area contributed by atoms with Crippen LogP contribution < -0.4 is 0 Å². The number of benzene rings is 3. The van der Waals surface area contributed by atoms with E-state index in [2.05, 4.69) is 0 Å². The molecule has 0 bridgehead atoms. The highest BCUT2D eigenvalue weighted by molar-refractivity contribution is 6.27. The summed E-state index contributed by atoms with van der Waals surface area (Å²) in [5, 5.41) is 21.8. The van der Waals surface area contributed by atoms with Crippen molar-refractivity contribution in [3.63, 3.8) is 0 Å². The third-order valence-corrected chi connectivity index (χ3v) is 5.00. The summed E-state index contributed by atoms with van der Waals surface area (Å²) in [7, 11) is 0.